The Hall–Kier alpha value is -0.250. The molecule has 2 aliphatic heterocycles. The van der Waals surface area contributed by atoms with Gasteiger partial charge in [0.1, 0.15) is 0 Å². The van der Waals surface area contributed by atoms with Crippen molar-refractivity contribution < 1.29 is 13.2 Å². The third kappa shape index (κ3) is 4.87. The Labute approximate surface area is 134 Å². The quantitative estimate of drug-likeness (QED) is 0.692. The van der Waals surface area contributed by atoms with Crippen LogP contribution in [0, 0.1) is 0 Å². The Balaban J connectivity index is 2.04. The van der Waals surface area contributed by atoms with Crippen LogP contribution in [0.25, 0.3) is 0 Å². The molecule has 0 radical (unpaired) electrons. The molecule has 0 spiro atoms. The van der Waals surface area contributed by atoms with Gasteiger partial charge in [-0.05, 0) is 46.8 Å². The lowest BCUT2D eigenvalue weighted by molar-refractivity contribution is -0.0427. The summed E-state index contributed by atoms with van der Waals surface area (Å²) in [5.74, 6) is 0. The standard InChI is InChI=1S/C14H30N4O3S/c1-13(2)16-22(19,20)15-12-14(4-6-17(3)7-5-14)18-8-10-21-11-9-18/h13,15-16H,4-12H2,1-3H3. The Morgan fingerprint density at radius 3 is 2.27 bits per heavy atom. The van der Waals surface area contributed by atoms with Gasteiger partial charge >= 0.3 is 0 Å². The maximum absolute atomic E-state index is 12.1. The predicted octanol–water partition coefficient (Wildman–Crippen LogP) is -0.385. The highest BCUT2D eigenvalue weighted by molar-refractivity contribution is 7.87. The summed E-state index contributed by atoms with van der Waals surface area (Å²) in [4.78, 5) is 4.72. The number of nitrogens with one attached hydrogen (secondary N) is 2. The molecular weight excluding hydrogens is 304 g/mol. The molecule has 0 saturated carbocycles. The number of hydrogen-bond acceptors (Lipinski definition) is 5. The summed E-state index contributed by atoms with van der Waals surface area (Å²) in [5.41, 5.74) is -0.0952. The van der Waals surface area contributed by atoms with Crippen molar-refractivity contribution in [2.45, 2.75) is 38.3 Å². The summed E-state index contributed by atoms with van der Waals surface area (Å²) >= 11 is 0. The van der Waals surface area contributed by atoms with Crippen molar-refractivity contribution >= 4 is 10.2 Å². The fourth-order valence-corrected chi connectivity index (χ4v) is 4.42. The molecule has 0 aliphatic carbocycles. The highest BCUT2D eigenvalue weighted by Gasteiger charge is 2.40. The summed E-state index contributed by atoms with van der Waals surface area (Å²) in [5, 5.41) is 0. The Morgan fingerprint density at radius 2 is 1.73 bits per heavy atom. The molecule has 2 fully saturated rings. The molecule has 22 heavy (non-hydrogen) atoms. The van der Waals surface area contributed by atoms with Gasteiger partial charge in [0.25, 0.3) is 10.2 Å². The van der Waals surface area contributed by atoms with Gasteiger partial charge in [-0.25, -0.2) is 4.72 Å². The Bertz CT molecular complexity index is 441. The molecule has 0 aromatic heterocycles. The molecule has 0 amide bonds. The van der Waals surface area contributed by atoms with E-state index >= 15 is 0 Å². The van der Waals surface area contributed by atoms with Crippen molar-refractivity contribution in [2.24, 2.45) is 0 Å². The molecule has 2 aliphatic rings. The second-order valence-electron chi connectivity index (χ2n) is 6.72. The zero-order chi connectivity index (χ0) is 16.2. The molecule has 2 N–H and O–H groups in total. The van der Waals surface area contributed by atoms with Gasteiger partial charge in [0.2, 0.25) is 0 Å². The van der Waals surface area contributed by atoms with E-state index < -0.39 is 10.2 Å². The first-order valence-corrected chi connectivity index (χ1v) is 9.60. The van der Waals surface area contributed by atoms with Crippen molar-refractivity contribution in [1.29, 1.82) is 0 Å². The maximum Gasteiger partial charge on any atom is 0.277 e. The monoisotopic (exact) mass is 334 g/mol. The SMILES string of the molecule is CC(C)NS(=O)(=O)NCC1(N2CCOCC2)CCN(C)CC1. The third-order valence-corrected chi connectivity index (χ3v) is 5.89. The second kappa shape index (κ2) is 7.55. The van der Waals surface area contributed by atoms with E-state index in [9.17, 15) is 8.42 Å². The third-order valence-electron chi connectivity index (χ3n) is 4.58. The number of morpholine rings is 1. The van der Waals surface area contributed by atoms with Gasteiger partial charge in [0.05, 0.1) is 13.2 Å². The van der Waals surface area contributed by atoms with Crippen LogP contribution in [0.4, 0.5) is 0 Å². The molecule has 0 aromatic carbocycles. The summed E-state index contributed by atoms with van der Waals surface area (Å²) in [6.45, 7) is 9.32. The molecule has 8 heteroatoms. The van der Waals surface area contributed by atoms with E-state index in [-0.39, 0.29) is 11.6 Å². The van der Waals surface area contributed by atoms with Gasteiger partial charge in [-0.3, -0.25) is 4.90 Å². The van der Waals surface area contributed by atoms with E-state index in [1.807, 2.05) is 13.8 Å². The number of hydrogen-bond donors (Lipinski definition) is 2. The molecule has 0 unspecified atom stereocenters. The summed E-state index contributed by atoms with van der Waals surface area (Å²) in [7, 11) is -1.32. The van der Waals surface area contributed by atoms with Crippen LogP contribution in [0.3, 0.4) is 0 Å². The first-order chi connectivity index (χ1) is 10.3. The lowest BCUT2D eigenvalue weighted by Crippen LogP contribution is -2.63. The molecule has 130 valence electrons. The van der Waals surface area contributed by atoms with Crippen LogP contribution in [0.5, 0.6) is 0 Å². The van der Waals surface area contributed by atoms with E-state index in [0.29, 0.717) is 6.54 Å². The van der Waals surface area contributed by atoms with Crippen molar-refractivity contribution in [2.75, 3.05) is 53.0 Å². The Kier molecular flexibility index (Phi) is 6.21. The van der Waals surface area contributed by atoms with Crippen molar-refractivity contribution in [3.05, 3.63) is 0 Å². The van der Waals surface area contributed by atoms with Gasteiger partial charge in [0.15, 0.2) is 0 Å². The number of rotatable bonds is 6. The fraction of sp³-hybridized carbons (Fsp3) is 1.00. The minimum absolute atomic E-state index is 0.0952. The van der Waals surface area contributed by atoms with E-state index in [1.54, 1.807) is 0 Å². The second-order valence-corrected chi connectivity index (χ2v) is 8.26. The normalized spacial score (nSPS) is 24.7. The van der Waals surface area contributed by atoms with Gasteiger partial charge < -0.3 is 9.64 Å². The first kappa shape index (κ1) is 18.1. The Morgan fingerprint density at radius 1 is 1.14 bits per heavy atom. The summed E-state index contributed by atoms with van der Waals surface area (Å²) in [6.07, 6.45) is 1.96. The molecule has 2 heterocycles. The van der Waals surface area contributed by atoms with Crippen molar-refractivity contribution in [3.8, 4) is 0 Å². The summed E-state index contributed by atoms with van der Waals surface area (Å²) in [6, 6.07) is -0.102. The van der Waals surface area contributed by atoms with Crippen molar-refractivity contribution in [3.63, 3.8) is 0 Å². The van der Waals surface area contributed by atoms with E-state index in [2.05, 4.69) is 26.3 Å². The topological polar surface area (TPSA) is 73.9 Å². The zero-order valence-electron chi connectivity index (χ0n) is 14.0. The lowest BCUT2D eigenvalue weighted by atomic mass is 9.85. The molecule has 7 nitrogen and oxygen atoms in total. The van der Waals surface area contributed by atoms with E-state index in [1.165, 1.54) is 0 Å². The average Bonchev–Trinajstić information content (AvgIpc) is 2.47. The molecular formula is C14H30N4O3S. The van der Waals surface area contributed by atoms with Gasteiger partial charge in [-0.2, -0.15) is 13.1 Å². The van der Waals surface area contributed by atoms with Gasteiger partial charge in [0, 0.05) is 31.2 Å². The van der Waals surface area contributed by atoms with Crippen LogP contribution in [0.1, 0.15) is 26.7 Å². The van der Waals surface area contributed by atoms with Crippen LogP contribution >= 0.6 is 0 Å². The molecule has 0 atom stereocenters. The lowest BCUT2D eigenvalue weighted by Gasteiger charge is -2.49. The number of nitrogens with zero attached hydrogens (tertiary/aromatic N) is 2. The van der Waals surface area contributed by atoms with E-state index in [4.69, 9.17) is 4.74 Å². The number of likely N-dealkylation sites (tertiary alicyclic amines) is 1. The highest BCUT2D eigenvalue weighted by Crippen LogP contribution is 2.29. The van der Waals surface area contributed by atoms with E-state index in [0.717, 1.165) is 52.2 Å². The first-order valence-electron chi connectivity index (χ1n) is 8.11. The molecule has 0 bridgehead atoms. The zero-order valence-corrected chi connectivity index (χ0v) is 14.8. The van der Waals surface area contributed by atoms with Crippen LogP contribution in [-0.4, -0.2) is 82.8 Å². The van der Waals surface area contributed by atoms with Gasteiger partial charge in [-0.15, -0.1) is 0 Å². The van der Waals surface area contributed by atoms with Crippen molar-refractivity contribution in [1.82, 2.24) is 19.2 Å². The van der Waals surface area contributed by atoms with Crippen LogP contribution in [0.2, 0.25) is 0 Å². The predicted molar refractivity (Wildman–Crippen MR) is 87.0 cm³/mol. The maximum atomic E-state index is 12.1. The average molecular weight is 334 g/mol. The fourth-order valence-electron chi connectivity index (χ4n) is 3.26. The molecule has 0 aromatic rings. The summed E-state index contributed by atoms with van der Waals surface area (Å²) < 4.78 is 35.0. The molecule has 2 saturated heterocycles. The molecule has 2 rings (SSSR count). The van der Waals surface area contributed by atoms with Crippen LogP contribution in [-0.2, 0) is 14.9 Å². The van der Waals surface area contributed by atoms with Gasteiger partial charge in [-0.1, -0.05) is 0 Å². The van der Waals surface area contributed by atoms with Crippen LogP contribution in [0.15, 0.2) is 0 Å². The highest BCUT2D eigenvalue weighted by atomic mass is 32.2. The smallest absolute Gasteiger partial charge is 0.277 e. The number of piperidine rings is 1. The largest absolute Gasteiger partial charge is 0.379 e. The van der Waals surface area contributed by atoms with Crippen LogP contribution < -0.4 is 9.44 Å². The number of ether oxygens (including phenoxy) is 1. The minimum atomic E-state index is -3.44. The minimum Gasteiger partial charge on any atom is -0.379 e.